The molecule has 0 amide bonds. The first-order valence-electron chi connectivity index (χ1n) is 5.14. The van der Waals surface area contributed by atoms with Gasteiger partial charge in [0.05, 0.1) is 0 Å². The molecular weight excluding hydrogens is 252 g/mol. The minimum atomic E-state index is -3.64. The standard InChI is InChI=1S/C8H16N2O4S2/c1-15(11,12)6-16(13,14)10-4-7-2-9-3-8(7)5-10/h7-9H,2-6H2,1H3. The molecule has 6 nitrogen and oxygen atoms in total. The van der Waals surface area contributed by atoms with E-state index in [-0.39, 0.29) is 0 Å². The van der Waals surface area contributed by atoms with Crippen LogP contribution in [-0.4, -0.2) is 58.7 Å². The van der Waals surface area contributed by atoms with Gasteiger partial charge in [-0.3, -0.25) is 0 Å². The van der Waals surface area contributed by atoms with Crippen LogP contribution in [0.4, 0.5) is 0 Å². The summed E-state index contributed by atoms with van der Waals surface area (Å²) in [7, 11) is -7.13. The molecule has 2 aliphatic rings. The number of nitrogens with zero attached hydrogens (tertiary/aromatic N) is 1. The van der Waals surface area contributed by atoms with Crippen molar-refractivity contribution in [1.29, 1.82) is 0 Å². The second kappa shape index (κ2) is 3.94. The summed E-state index contributed by atoms with van der Waals surface area (Å²) in [6, 6.07) is 0. The summed E-state index contributed by atoms with van der Waals surface area (Å²) in [6.45, 7) is 2.57. The van der Waals surface area contributed by atoms with E-state index in [0.717, 1.165) is 19.3 Å². The Morgan fingerprint density at radius 2 is 1.62 bits per heavy atom. The van der Waals surface area contributed by atoms with Crippen LogP contribution < -0.4 is 5.32 Å². The SMILES string of the molecule is CS(=O)(=O)CS(=O)(=O)N1CC2CNCC2C1. The van der Waals surface area contributed by atoms with Gasteiger partial charge in [-0.25, -0.2) is 21.1 Å². The molecule has 16 heavy (non-hydrogen) atoms. The monoisotopic (exact) mass is 268 g/mol. The third kappa shape index (κ3) is 2.55. The highest BCUT2D eigenvalue weighted by Gasteiger charge is 2.41. The first-order valence-corrected chi connectivity index (χ1v) is 8.81. The van der Waals surface area contributed by atoms with E-state index in [1.165, 1.54) is 4.31 Å². The Morgan fingerprint density at radius 1 is 1.12 bits per heavy atom. The summed E-state index contributed by atoms with van der Waals surface area (Å²) in [5.41, 5.74) is 0. The predicted molar refractivity (Wildman–Crippen MR) is 60.1 cm³/mol. The maximum absolute atomic E-state index is 11.8. The second-order valence-corrected chi connectivity index (χ2v) is 9.13. The van der Waals surface area contributed by atoms with E-state index in [9.17, 15) is 16.8 Å². The maximum Gasteiger partial charge on any atom is 0.228 e. The largest absolute Gasteiger partial charge is 0.316 e. The van der Waals surface area contributed by atoms with Crippen LogP contribution in [0, 0.1) is 11.8 Å². The van der Waals surface area contributed by atoms with Crippen molar-refractivity contribution in [3.8, 4) is 0 Å². The third-order valence-corrected chi connectivity index (χ3v) is 7.10. The second-order valence-electron chi connectivity index (χ2n) is 4.65. The molecule has 0 spiro atoms. The van der Waals surface area contributed by atoms with E-state index < -0.39 is 24.9 Å². The van der Waals surface area contributed by atoms with Crippen molar-refractivity contribution in [3.63, 3.8) is 0 Å². The molecule has 2 aliphatic heterocycles. The molecule has 0 bridgehead atoms. The molecule has 2 rings (SSSR count). The van der Waals surface area contributed by atoms with Crippen LogP contribution in [0.15, 0.2) is 0 Å². The van der Waals surface area contributed by atoms with Crippen molar-refractivity contribution in [2.75, 3.05) is 37.5 Å². The van der Waals surface area contributed by atoms with Gasteiger partial charge < -0.3 is 5.32 Å². The van der Waals surface area contributed by atoms with Crippen molar-refractivity contribution < 1.29 is 16.8 Å². The molecule has 8 heteroatoms. The number of hydrogen-bond donors (Lipinski definition) is 1. The first-order chi connectivity index (χ1) is 7.28. The molecule has 2 saturated heterocycles. The fourth-order valence-corrected chi connectivity index (χ4v) is 5.98. The Bertz CT molecular complexity index is 458. The number of sulfone groups is 1. The van der Waals surface area contributed by atoms with Gasteiger partial charge in [0.1, 0.15) is 0 Å². The fraction of sp³-hybridized carbons (Fsp3) is 1.00. The lowest BCUT2D eigenvalue weighted by molar-refractivity contribution is 0.451. The Balaban J connectivity index is 2.09. The van der Waals surface area contributed by atoms with E-state index in [4.69, 9.17) is 0 Å². The molecule has 94 valence electrons. The maximum atomic E-state index is 11.8. The van der Waals surface area contributed by atoms with Gasteiger partial charge in [0.25, 0.3) is 0 Å². The summed E-state index contributed by atoms with van der Waals surface area (Å²) in [6.07, 6.45) is 0.947. The van der Waals surface area contributed by atoms with Gasteiger partial charge in [-0.05, 0) is 24.9 Å². The topological polar surface area (TPSA) is 83.5 Å². The summed E-state index contributed by atoms with van der Waals surface area (Å²) in [5.74, 6) is 0.684. The molecular formula is C8H16N2O4S2. The molecule has 0 aromatic rings. The molecule has 2 heterocycles. The molecule has 0 aliphatic carbocycles. The van der Waals surface area contributed by atoms with Gasteiger partial charge >= 0.3 is 0 Å². The van der Waals surface area contributed by atoms with Gasteiger partial charge in [0.15, 0.2) is 14.9 Å². The molecule has 2 unspecified atom stereocenters. The number of nitrogens with one attached hydrogen (secondary N) is 1. The number of sulfonamides is 1. The Hall–Kier alpha value is -0.180. The highest BCUT2D eigenvalue weighted by molar-refractivity contribution is 8.06. The summed E-state index contributed by atoms with van der Waals surface area (Å²) >= 11 is 0. The summed E-state index contributed by atoms with van der Waals surface area (Å²) < 4.78 is 47.0. The van der Waals surface area contributed by atoms with Gasteiger partial charge in [0.2, 0.25) is 10.0 Å². The fourth-order valence-electron chi connectivity index (χ4n) is 2.38. The van der Waals surface area contributed by atoms with Crippen LogP contribution in [0.2, 0.25) is 0 Å². The van der Waals surface area contributed by atoms with Gasteiger partial charge in [0, 0.05) is 19.3 Å². The van der Waals surface area contributed by atoms with Crippen molar-refractivity contribution in [1.82, 2.24) is 9.62 Å². The predicted octanol–water partition coefficient (Wildman–Crippen LogP) is -1.53. The zero-order chi connectivity index (χ0) is 12.0. The Labute approximate surface area is 96.0 Å². The van der Waals surface area contributed by atoms with E-state index in [1.54, 1.807) is 0 Å². The van der Waals surface area contributed by atoms with Crippen LogP contribution in [0.25, 0.3) is 0 Å². The van der Waals surface area contributed by atoms with Crippen molar-refractivity contribution in [2.45, 2.75) is 0 Å². The molecule has 0 saturated carbocycles. The van der Waals surface area contributed by atoms with E-state index in [1.807, 2.05) is 0 Å². The van der Waals surface area contributed by atoms with Gasteiger partial charge in [-0.1, -0.05) is 0 Å². The Kier molecular flexibility index (Phi) is 3.02. The number of rotatable bonds is 3. The van der Waals surface area contributed by atoms with Crippen LogP contribution in [0.3, 0.4) is 0 Å². The lowest BCUT2D eigenvalue weighted by atomic mass is 10.0. The highest BCUT2D eigenvalue weighted by atomic mass is 32.3. The molecule has 2 atom stereocenters. The Morgan fingerprint density at radius 3 is 2.06 bits per heavy atom. The van der Waals surface area contributed by atoms with E-state index in [2.05, 4.69) is 5.32 Å². The zero-order valence-electron chi connectivity index (χ0n) is 9.09. The van der Waals surface area contributed by atoms with Gasteiger partial charge in [-0.2, -0.15) is 0 Å². The lowest BCUT2D eigenvalue weighted by Gasteiger charge is -2.16. The normalized spacial score (nSPS) is 31.8. The quantitative estimate of drug-likeness (QED) is 0.671. The number of fused-ring (bicyclic) bond motifs is 1. The smallest absolute Gasteiger partial charge is 0.228 e. The molecule has 0 aromatic carbocycles. The molecule has 0 aromatic heterocycles. The van der Waals surface area contributed by atoms with Crippen molar-refractivity contribution >= 4 is 19.9 Å². The first kappa shape index (κ1) is 12.3. The number of hydrogen-bond acceptors (Lipinski definition) is 5. The van der Waals surface area contributed by atoms with E-state index >= 15 is 0 Å². The van der Waals surface area contributed by atoms with Crippen molar-refractivity contribution in [3.05, 3.63) is 0 Å². The third-order valence-electron chi connectivity index (χ3n) is 3.11. The van der Waals surface area contributed by atoms with Crippen molar-refractivity contribution in [2.24, 2.45) is 11.8 Å². The average Bonchev–Trinajstić information content (AvgIpc) is 2.54. The van der Waals surface area contributed by atoms with Crippen LogP contribution in [0.5, 0.6) is 0 Å². The summed E-state index contributed by atoms with van der Waals surface area (Å²) in [4.78, 5) is 0. The van der Waals surface area contributed by atoms with Crippen LogP contribution in [0.1, 0.15) is 0 Å². The molecule has 1 N–H and O–H groups in total. The minimum Gasteiger partial charge on any atom is -0.316 e. The summed E-state index contributed by atoms with van der Waals surface area (Å²) in [5, 5.41) is 2.43. The van der Waals surface area contributed by atoms with E-state index in [0.29, 0.717) is 24.9 Å². The minimum absolute atomic E-state index is 0.342. The zero-order valence-corrected chi connectivity index (χ0v) is 10.7. The van der Waals surface area contributed by atoms with Gasteiger partial charge in [-0.15, -0.1) is 0 Å². The van der Waals surface area contributed by atoms with Crippen LogP contribution in [-0.2, 0) is 19.9 Å². The molecule has 0 radical (unpaired) electrons. The molecule has 2 fully saturated rings. The van der Waals surface area contributed by atoms with Crippen LogP contribution >= 0.6 is 0 Å². The highest BCUT2D eigenvalue weighted by Crippen LogP contribution is 2.28. The average molecular weight is 268 g/mol. The lowest BCUT2D eigenvalue weighted by Crippen LogP contribution is -2.35.